The zero-order valence-electron chi connectivity index (χ0n) is 23.4. The second-order valence-electron chi connectivity index (χ2n) is 9.13. The van der Waals surface area contributed by atoms with Gasteiger partial charge in [-0.3, -0.25) is 18.5 Å². The lowest BCUT2D eigenvalue weighted by molar-refractivity contribution is -0.122. The number of benzene rings is 4. The molecule has 1 amide bonds. The van der Waals surface area contributed by atoms with Gasteiger partial charge in [-0.15, -0.1) is 6.42 Å². The van der Waals surface area contributed by atoms with E-state index in [1.54, 1.807) is 0 Å². The monoisotopic (exact) mass is 654 g/mol. The van der Waals surface area contributed by atoms with Crippen LogP contribution in [0.15, 0.2) is 51.1 Å². The molecule has 0 aliphatic heterocycles. The van der Waals surface area contributed by atoms with Gasteiger partial charge in [0.1, 0.15) is 20.4 Å². The second-order valence-corrected chi connectivity index (χ2v) is 13.3. The van der Waals surface area contributed by atoms with Crippen LogP contribution in [-0.4, -0.2) is 82.5 Å². The number of ether oxygens (including phenoxy) is 1. The first-order valence-corrected chi connectivity index (χ1v) is 17.1. The van der Waals surface area contributed by atoms with Gasteiger partial charge >= 0.3 is 0 Å². The molecule has 13 nitrogen and oxygen atoms in total. The molecule has 0 bridgehead atoms. The Morgan fingerprint density at radius 1 is 0.767 bits per heavy atom. The molecule has 0 spiro atoms. The lowest BCUT2D eigenvalue weighted by atomic mass is 9.93. The Morgan fingerprint density at radius 3 is 1.53 bits per heavy atom. The smallest absolute Gasteiger partial charge is 0.295 e. The maximum Gasteiger partial charge on any atom is 0.295 e. The lowest BCUT2D eigenvalue weighted by Gasteiger charge is -2.18. The third-order valence-electron chi connectivity index (χ3n) is 6.67. The van der Waals surface area contributed by atoms with Crippen molar-refractivity contribution < 1.29 is 48.4 Å². The molecule has 0 saturated carbocycles. The maximum atomic E-state index is 12.2. The number of hydrogen-bond donors (Lipinski definition) is 4. The van der Waals surface area contributed by atoms with Crippen molar-refractivity contribution >= 4 is 68.6 Å². The zero-order valence-corrected chi connectivity index (χ0v) is 25.8. The highest BCUT2D eigenvalue weighted by molar-refractivity contribution is 7.87. The predicted octanol–water partition coefficient (Wildman–Crippen LogP) is 2.80. The summed E-state index contributed by atoms with van der Waals surface area (Å²) in [6.07, 6.45) is 5.07. The van der Waals surface area contributed by atoms with E-state index in [-0.39, 0.29) is 44.6 Å². The van der Waals surface area contributed by atoms with Gasteiger partial charge in [-0.1, -0.05) is 44.9 Å². The molecule has 0 aliphatic rings. The Labute approximate surface area is 249 Å². The van der Waals surface area contributed by atoms with E-state index < -0.39 is 57.6 Å². The van der Waals surface area contributed by atoms with E-state index in [9.17, 15) is 43.7 Å². The van der Waals surface area contributed by atoms with Gasteiger partial charge in [0.25, 0.3) is 36.3 Å². The molecule has 16 heteroatoms. The van der Waals surface area contributed by atoms with Gasteiger partial charge < -0.3 is 15.0 Å². The van der Waals surface area contributed by atoms with Crippen molar-refractivity contribution in [2.75, 3.05) is 32.8 Å². The van der Waals surface area contributed by atoms with Crippen molar-refractivity contribution in [2.45, 2.75) is 35.5 Å². The molecule has 0 atom stereocenters. The Bertz CT molecular complexity index is 1990. The first-order valence-electron chi connectivity index (χ1n) is 12.8. The van der Waals surface area contributed by atoms with E-state index in [1.165, 1.54) is 31.8 Å². The van der Waals surface area contributed by atoms with Crippen LogP contribution in [0.2, 0.25) is 0 Å². The second kappa shape index (κ2) is 13.0. The van der Waals surface area contributed by atoms with E-state index in [2.05, 4.69) is 36.9 Å². The highest BCUT2D eigenvalue weighted by Crippen LogP contribution is 2.45. The molecule has 0 saturated heterocycles. The van der Waals surface area contributed by atoms with Crippen molar-refractivity contribution in [3.05, 3.63) is 36.4 Å². The van der Waals surface area contributed by atoms with Crippen LogP contribution in [0.5, 0.6) is 5.75 Å². The van der Waals surface area contributed by atoms with Gasteiger partial charge in [-0.25, -0.2) is 0 Å². The van der Waals surface area contributed by atoms with Crippen molar-refractivity contribution in [3.63, 3.8) is 0 Å². The topological polar surface area (TPSA) is 205 Å². The van der Waals surface area contributed by atoms with Gasteiger partial charge in [-0.05, 0) is 31.8 Å². The summed E-state index contributed by atoms with van der Waals surface area (Å²) >= 11 is 0. The molecule has 4 aromatic rings. The number of carbonyl (C=O) groups is 1. The van der Waals surface area contributed by atoms with Crippen LogP contribution in [0.4, 0.5) is 0 Å². The molecule has 0 aromatic heterocycles. The molecule has 4 aromatic carbocycles. The minimum Gasteiger partial charge on any atom is -0.483 e. The van der Waals surface area contributed by atoms with E-state index in [4.69, 9.17) is 11.2 Å². The minimum absolute atomic E-state index is 0.0745. The van der Waals surface area contributed by atoms with E-state index >= 15 is 0 Å². The average molecular weight is 655 g/mol. The number of nitrogens with one attached hydrogen (secondary N) is 1. The lowest BCUT2D eigenvalue weighted by Crippen LogP contribution is -2.29. The number of amides is 1. The highest BCUT2D eigenvalue weighted by atomic mass is 32.2. The van der Waals surface area contributed by atoms with Crippen LogP contribution in [-0.2, 0) is 35.1 Å². The van der Waals surface area contributed by atoms with Crippen molar-refractivity contribution in [1.82, 2.24) is 10.2 Å². The average Bonchev–Trinajstić information content (AvgIpc) is 2.92. The minimum atomic E-state index is -5.03. The summed E-state index contributed by atoms with van der Waals surface area (Å²) in [5, 5.41) is 1.64. The standard InChI is InChI=1S/C21H15NO11S3.C6H15N/c1-2-7-22-19(23)10-33-15-8-16(34(24,25)26)12-5-6-14-18(36(30,31)32)9-17(35(27,28)29)13-4-3-11(15)20(12)21(13)14;1-4-7(5-2)6-3/h1,3-6,8-9H,7,10H2,(H,22,23)(H,24,25,26)(H,27,28,29)(H,30,31,32);4-6H2,1-3H3. The first-order chi connectivity index (χ1) is 20.0. The molecule has 43 heavy (non-hydrogen) atoms. The van der Waals surface area contributed by atoms with Crippen LogP contribution < -0.4 is 10.1 Å². The van der Waals surface area contributed by atoms with Gasteiger partial charge in [0, 0.05) is 38.4 Å². The third-order valence-corrected chi connectivity index (χ3v) is 9.35. The van der Waals surface area contributed by atoms with Crippen LogP contribution in [0.25, 0.3) is 32.3 Å². The molecule has 0 radical (unpaired) electrons. The van der Waals surface area contributed by atoms with Crippen molar-refractivity contribution in [3.8, 4) is 18.1 Å². The molecule has 232 valence electrons. The molecule has 0 aliphatic carbocycles. The van der Waals surface area contributed by atoms with Crippen LogP contribution in [0.1, 0.15) is 20.8 Å². The molecule has 0 unspecified atom stereocenters. The Morgan fingerprint density at radius 2 is 1.16 bits per heavy atom. The summed E-state index contributed by atoms with van der Waals surface area (Å²) in [5.41, 5.74) is 0. The summed E-state index contributed by atoms with van der Waals surface area (Å²) in [4.78, 5) is 11.9. The summed E-state index contributed by atoms with van der Waals surface area (Å²) < 4.78 is 107. The SMILES string of the molecule is C#CCNC(=O)COc1cc(S(=O)(=O)O)c2ccc3c(S(=O)(=O)O)cc(S(=O)(=O)O)c4ccc1c2c43.CCN(CC)CC. The van der Waals surface area contributed by atoms with Gasteiger partial charge in [0.15, 0.2) is 6.61 Å². The fourth-order valence-electron chi connectivity index (χ4n) is 4.64. The van der Waals surface area contributed by atoms with Crippen molar-refractivity contribution in [1.29, 1.82) is 0 Å². The molecule has 4 rings (SSSR count). The van der Waals surface area contributed by atoms with Crippen LogP contribution in [0.3, 0.4) is 0 Å². The fraction of sp³-hybridized carbons (Fsp3) is 0.296. The van der Waals surface area contributed by atoms with E-state index in [1.807, 2.05) is 0 Å². The molecule has 4 N–H and O–H groups in total. The predicted molar refractivity (Wildman–Crippen MR) is 160 cm³/mol. The van der Waals surface area contributed by atoms with Crippen LogP contribution in [0, 0.1) is 12.3 Å². The summed E-state index contributed by atoms with van der Waals surface area (Å²) in [7, 11) is -15.0. The van der Waals surface area contributed by atoms with E-state index in [0.717, 1.165) is 18.2 Å². The molecular formula is C27H30N2O11S3. The van der Waals surface area contributed by atoms with Gasteiger partial charge in [0.05, 0.1) is 6.54 Å². The third kappa shape index (κ3) is 7.33. The first kappa shape index (κ1) is 33.9. The zero-order chi connectivity index (χ0) is 32.3. The number of nitrogens with zero attached hydrogens (tertiary/aromatic N) is 1. The maximum absolute atomic E-state index is 12.2. The van der Waals surface area contributed by atoms with E-state index in [0.29, 0.717) is 6.07 Å². The quantitative estimate of drug-likeness (QED) is 0.111. The van der Waals surface area contributed by atoms with Gasteiger partial charge in [-0.2, -0.15) is 25.3 Å². The number of hydrogen-bond acceptors (Lipinski definition) is 9. The summed E-state index contributed by atoms with van der Waals surface area (Å²) in [6.45, 7) is 9.40. The normalized spacial score (nSPS) is 12.3. The van der Waals surface area contributed by atoms with Gasteiger partial charge in [0.2, 0.25) is 0 Å². The highest BCUT2D eigenvalue weighted by Gasteiger charge is 2.28. The Balaban J connectivity index is 0.000000646. The fourth-order valence-corrected chi connectivity index (χ4v) is 6.85. The van der Waals surface area contributed by atoms with Crippen molar-refractivity contribution in [2.24, 2.45) is 0 Å². The molecular weight excluding hydrogens is 625 g/mol. The molecule has 0 heterocycles. The number of rotatable bonds is 10. The summed E-state index contributed by atoms with van der Waals surface area (Å²) in [5.74, 6) is 1.30. The number of carbonyl (C=O) groups excluding carboxylic acids is 1. The van der Waals surface area contributed by atoms with Crippen LogP contribution >= 0.6 is 0 Å². The summed E-state index contributed by atoms with van der Waals surface area (Å²) in [6, 6.07) is 6.29. The Kier molecular flexibility index (Phi) is 10.2. The Hall–Kier alpha value is -3.56. The largest absolute Gasteiger partial charge is 0.483 e. The number of terminal acetylenes is 1. The molecule has 0 fully saturated rings.